The van der Waals surface area contributed by atoms with E-state index in [1.54, 1.807) is 6.07 Å². The molecule has 3 N–H and O–H groups in total. The Morgan fingerprint density at radius 1 is 1.28 bits per heavy atom. The summed E-state index contributed by atoms with van der Waals surface area (Å²) in [6.45, 7) is -0.487. The number of aryl methyl sites for hydroxylation is 1. The Bertz CT molecular complexity index is 1130. The number of alkyl carbamates (subject to hydrolysis) is 1. The van der Waals surface area contributed by atoms with Crippen LogP contribution in [0.15, 0.2) is 12.1 Å². The van der Waals surface area contributed by atoms with E-state index in [0.717, 1.165) is 19.3 Å². The lowest BCUT2D eigenvalue weighted by Gasteiger charge is -2.61. The van der Waals surface area contributed by atoms with Crippen molar-refractivity contribution < 1.29 is 37.4 Å². The summed E-state index contributed by atoms with van der Waals surface area (Å²) in [5.74, 6) is 0.120. The van der Waals surface area contributed by atoms with Gasteiger partial charge in [0, 0.05) is 36.3 Å². The molecule has 0 spiro atoms. The third-order valence-electron chi connectivity index (χ3n) is 7.07. The first-order valence-electron chi connectivity index (χ1n) is 11.6. The van der Waals surface area contributed by atoms with Gasteiger partial charge in [0.1, 0.15) is 17.9 Å². The number of nitrogens with one attached hydrogen (secondary N) is 3. The Balaban J connectivity index is 1.18. The first-order chi connectivity index (χ1) is 17.2. The Labute approximate surface area is 204 Å². The maximum absolute atomic E-state index is 12.6. The number of anilines is 1. The van der Waals surface area contributed by atoms with Gasteiger partial charge in [-0.2, -0.15) is 5.10 Å². The number of hydrogen-bond donors (Lipinski definition) is 3. The van der Waals surface area contributed by atoms with Crippen molar-refractivity contribution in [2.45, 2.75) is 62.2 Å². The van der Waals surface area contributed by atoms with E-state index in [1.165, 1.54) is 17.8 Å². The van der Waals surface area contributed by atoms with Gasteiger partial charge < -0.3 is 24.8 Å². The number of amides is 2. The number of aromatic nitrogens is 4. The van der Waals surface area contributed by atoms with E-state index in [9.17, 15) is 23.2 Å². The normalized spacial score (nSPS) is 28.1. The van der Waals surface area contributed by atoms with E-state index in [-0.39, 0.29) is 28.8 Å². The second-order valence-corrected chi connectivity index (χ2v) is 9.62. The summed E-state index contributed by atoms with van der Waals surface area (Å²) in [5.41, 5.74) is 0.634. The topological polar surface area (TPSA) is 149 Å². The molecule has 4 aliphatic rings. The lowest BCUT2D eigenvalue weighted by Crippen LogP contribution is -2.68. The largest absolute Gasteiger partial charge is 0.471 e. The van der Waals surface area contributed by atoms with E-state index in [4.69, 9.17) is 14.2 Å². The van der Waals surface area contributed by atoms with Crippen LogP contribution in [0.2, 0.25) is 0 Å². The average Bonchev–Trinajstić information content (AvgIpc) is 3.48. The monoisotopic (exact) mass is 508 g/mol. The summed E-state index contributed by atoms with van der Waals surface area (Å²) >= 11 is 0. The number of halogens is 2. The Kier molecular flexibility index (Phi) is 6.26. The van der Waals surface area contributed by atoms with Crippen LogP contribution in [0, 0.1) is 5.92 Å². The lowest BCUT2D eigenvalue weighted by molar-refractivity contribution is -0.138. The number of hydrogen-bond acceptors (Lipinski definition) is 8. The summed E-state index contributed by atoms with van der Waals surface area (Å²) in [6.07, 6.45) is -0.631. The summed E-state index contributed by atoms with van der Waals surface area (Å²) in [5, 5.41) is 16.4. The van der Waals surface area contributed by atoms with E-state index >= 15 is 0 Å². The van der Waals surface area contributed by atoms with Crippen LogP contribution in [0.3, 0.4) is 0 Å². The number of aromatic amines is 1. The third-order valence-corrected chi connectivity index (χ3v) is 7.07. The molecule has 4 aliphatic carbocycles. The second-order valence-electron chi connectivity index (χ2n) is 9.62. The number of carbonyl (C=O) groups is 3. The van der Waals surface area contributed by atoms with E-state index < -0.39 is 37.2 Å². The van der Waals surface area contributed by atoms with Crippen LogP contribution in [0.5, 0.6) is 5.88 Å². The van der Waals surface area contributed by atoms with Gasteiger partial charge in [-0.25, -0.2) is 13.6 Å². The first-order valence-corrected chi connectivity index (χ1v) is 11.6. The molecular formula is C22H26F2N6O6. The van der Waals surface area contributed by atoms with Gasteiger partial charge in [0.2, 0.25) is 5.88 Å². The van der Waals surface area contributed by atoms with E-state index in [1.807, 2.05) is 0 Å². The van der Waals surface area contributed by atoms with Crippen molar-refractivity contribution in [3.8, 4) is 5.88 Å². The number of rotatable bonds is 10. The van der Waals surface area contributed by atoms with Crippen molar-refractivity contribution in [3.05, 3.63) is 23.5 Å². The van der Waals surface area contributed by atoms with Gasteiger partial charge in [-0.3, -0.25) is 19.4 Å². The minimum absolute atomic E-state index is 0.0901. The predicted molar refractivity (Wildman–Crippen MR) is 118 cm³/mol. The van der Waals surface area contributed by atoms with Crippen LogP contribution < -0.4 is 15.4 Å². The molecule has 36 heavy (non-hydrogen) atoms. The molecule has 4 saturated carbocycles. The van der Waals surface area contributed by atoms with Crippen molar-refractivity contribution in [2.24, 2.45) is 13.0 Å². The molecule has 0 aliphatic heterocycles. The Hall–Kier alpha value is -3.71. The predicted octanol–water partition coefficient (Wildman–Crippen LogP) is 2.11. The quantitative estimate of drug-likeness (QED) is 0.413. The summed E-state index contributed by atoms with van der Waals surface area (Å²) in [7, 11) is 1.48. The van der Waals surface area contributed by atoms with Crippen molar-refractivity contribution in [1.29, 1.82) is 0 Å². The molecule has 6 rings (SSSR count). The number of carbonyl (C=O) groups excluding carboxylic acids is 3. The second kappa shape index (κ2) is 9.39. The van der Waals surface area contributed by atoms with Crippen LogP contribution in [0.25, 0.3) is 0 Å². The molecule has 0 saturated heterocycles. The average molecular weight is 508 g/mol. The molecule has 14 heteroatoms. The fourth-order valence-corrected chi connectivity index (χ4v) is 5.23. The molecule has 4 fully saturated rings. The minimum Gasteiger partial charge on any atom is -0.471 e. The van der Waals surface area contributed by atoms with Crippen molar-refractivity contribution in [3.63, 3.8) is 0 Å². The number of ether oxygens (including phenoxy) is 3. The smallest absolute Gasteiger partial charge is 0.407 e. The van der Waals surface area contributed by atoms with Gasteiger partial charge >= 0.3 is 6.09 Å². The standard InChI is InChI=1S/C22H26F2N6O6/c1-30-14(5-19(29-30)34-9-17(23)24)20(32)25-18-4-13(27-28-18)12-2-15(35-10-31)16(3-12)36-21(33)26-22-6-11(7-22)8-22/h4-5,10-12,15-17H,2-3,6-9H2,1H3,(H,26,33)(H2,25,27,28,32). The van der Waals surface area contributed by atoms with E-state index in [2.05, 4.69) is 25.9 Å². The third kappa shape index (κ3) is 4.84. The zero-order valence-electron chi connectivity index (χ0n) is 19.4. The molecule has 2 aromatic heterocycles. The van der Waals surface area contributed by atoms with Crippen LogP contribution >= 0.6 is 0 Å². The van der Waals surface area contributed by atoms with Crippen LogP contribution in [-0.4, -0.2) is 69.2 Å². The Morgan fingerprint density at radius 3 is 2.69 bits per heavy atom. The van der Waals surface area contributed by atoms with Gasteiger partial charge in [-0.1, -0.05) is 0 Å². The molecule has 2 amide bonds. The van der Waals surface area contributed by atoms with Gasteiger partial charge in [0.05, 0.1) is 0 Å². The molecule has 0 radical (unpaired) electrons. The van der Waals surface area contributed by atoms with Gasteiger partial charge in [0.25, 0.3) is 18.8 Å². The van der Waals surface area contributed by atoms with Crippen LogP contribution in [0.1, 0.15) is 54.2 Å². The maximum Gasteiger partial charge on any atom is 0.407 e. The molecule has 2 aromatic rings. The molecular weight excluding hydrogens is 482 g/mol. The lowest BCUT2D eigenvalue weighted by atomic mass is 9.50. The number of nitrogens with zero attached hydrogens (tertiary/aromatic N) is 3. The van der Waals surface area contributed by atoms with E-state index in [0.29, 0.717) is 30.9 Å². The van der Waals surface area contributed by atoms with Crippen LogP contribution in [-0.2, 0) is 21.3 Å². The van der Waals surface area contributed by atoms with Crippen molar-refractivity contribution >= 4 is 24.3 Å². The number of H-pyrrole nitrogens is 1. The van der Waals surface area contributed by atoms with Gasteiger partial charge in [-0.15, -0.1) is 5.10 Å². The summed E-state index contributed by atoms with van der Waals surface area (Å²) in [4.78, 5) is 36.0. The molecule has 194 valence electrons. The highest BCUT2D eigenvalue weighted by molar-refractivity contribution is 6.02. The highest BCUT2D eigenvalue weighted by Crippen LogP contribution is 2.57. The minimum atomic E-state index is -2.66. The zero-order chi connectivity index (χ0) is 25.4. The molecule has 2 heterocycles. The fourth-order valence-electron chi connectivity index (χ4n) is 5.23. The molecule has 3 unspecified atom stereocenters. The molecule has 0 aromatic carbocycles. The SMILES string of the molecule is Cn1nc(OCC(F)F)cc1C(=O)Nc1cc(C2CC(OC=O)C(OC(=O)NC34CC(C3)C4)C2)[nH]n1. The highest BCUT2D eigenvalue weighted by atomic mass is 19.3. The highest BCUT2D eigenvalue weighted by Gasteiger charge is 2.58. The zero-order valence-corrected chi connectivity index (χ0v) is 19.4. The van der Waals surface area contributed by atoms with Crippen molar-refractivity contribution in [1.82, 2.24) is 25.3 Å². The van der Waals surface area contributed by atoms with Gasteiger partial charge in [-0.05, 0) is 38.0 Å². The molecule has 12 nitrogen and oxygen atoms in total. The molecule has 3 atom stereocenters. The summed E-state index contributed by atoms with van der Waals surface area (Å²) in [6, 6.07) is 2.89. The van der Waals surface area contributed by atoms with Crippen LogP contribution in [0.4, 0.5) is 19.4 Å². The van der Waals surface area contributed by atoms with Gasteiger partial charge in [0.15, 0.2) is 12.4 Å². The molecule has 2 bridgehead atoms. The Morgan fingerprint density at radius 2 is 2.03 bits per heavy atom. The summed E-state index contributed by atoms with van der Waals surface area (Å²) < 4.78 is 41.5. The number of alkyl halides is 2. The first kappa shape index (κ1) is 24.0. The van der Waals surface area contributed by atoms with Crippen molar-refractivity contribution in [2.75, 3.05) is 11.9 Å². The fraction of sp³-hybridized carbons (Fsp3) is 0.591. The maximum atomic E-state index is 12.6.